The van der Waals surface area contributed by atoms with Crippen LogP contribution in [0, 0.1) is 0 Å². The van der Waals surface area contributed by atoms with Crippen LogP contribution in [-0.2, 0) is 72.7 Å². The van der Waals surface area contributed by atoms with Gasteiger partial charge in [0.15, 0.2) is 42.3 Å². The first-order valence-corrected chi connectivity index (χ1v) is 45.8. The maximum atomic E-state index is 13.2. The zero-order chi connectivity index (χ0) is 98.6. The predicted octanol–water partition coefficient (Wildman–Crippen LogP) is 8.50. The number of hydrogen-bond donors (Lipinski definition) is 5. The van der Waals surface area contributed by atoms with Crippen molar-refractivity contribution in [2.24, 2.45) is 28.2 Å². The fourth-order valence-corrected chi connectivity index (χ4v) is 17.6. The lowest BCUT2D eigenvalue weighted by atomic mass is 10.1. The Morgan fingerprint density at radius 1 is 0.409 bits per heavy atom. The number of nitrogens with one attached hydrogen (secondary N) is 5. The molecule has 4 aromatic carbocycles. The van der Waals surface area contributed by atoms with Crippen LogP contribution in [0.5, 0.6) is 23.0 Å². The van der Waals surface area contributed by atoms with E-state index in [4.69, 9.17) is 0 Å². The average Bonchev–Trinajstić information content (AvgIpc) is 1.68. The van der Waals surface area contributed by atoms with Gasteiger partial charge in [-0.25, -0.2) is 80.7 Å². The number of likely N-dealkylation sites (tertiary alicyclic amines) is 1. The minimum atomic E-state index is -3.91. The van der Waals surface area contributed by atoms with Crippen LogP contribution in [0.3, 0.4) is 0 Å². The van der Waals surface area contributed by atoms with Crippen LogP contribution >= 0.6 is 0 Å². The van der Waals surface area contributed by atoms with E-state index < -0.39 is 95.0 Å². The van der Waals surface area contributed by atoms with E-state index in [1.54, 1.807) is 77.2 Å². The maximum Gasteiger partial charge on any atom is 0.387 e. The molecule has 1 saturated heterocycles. The fourth-order valence-electron chi connectivity index (χ4n) is 13.5. The van der Waals surface area contributed by atoms with Gasteiger partial charge in [0.05, 0.1) is 67.1 Å². The van der Waals surface area contributed by atoms with Gasteiger partial charge in [-0.15, -0.1) is 0 Å². The molecule has 16 aromatic rings. The highest BCUT2D eigenvalue weighted by atomic mass is 32.2. The van der Waals surface area contributed by atoms with E-state index in [0.29, 0.717) is 22.6 Å². The zero-order valence-electron chi connectivity index (χ0n) is 72.2. The number of aromatic nitrogens is 20. The first kappa shape index (κ1) is 96.9. The number of ether oxygens (including phenoxy) is 4. The molecule has 5 amide bonds. The molecule has 12 aromatic heterocycles. The zero-order valence-corrected chi connectivity index (χ0v) is 75.5. The largest absolute Gasteiger partial charge is 0.434 e. The highest BCUT2D eigenvalue weighted by molar-refractivity contribution is 7.92. The molecule has 137 heavy (non-hydrogen) atoms. The molecule has 17 rings (SSSR count). The molecular weight excluding hydrogens is 1900 g/mol. The Balaban J connectivity index is 0.000000146. The number of alkyl halides is 8. The van der Waals surface area contributed by atoms with Gasteiger partial charge in [0, 0.05) is 165 Å². The predicted molar refractivity (Wildman–Crippen MR) is 468 cm³/mol. The summed E-state index contributed by atoms with van der Waals surface area (Å²) in [5.41, 5.74) is 2.37. The van der Waals surface area contributed by atoms with Gasteiger partial charge in [0.2, 0.25) is 26.0 Å². The summed E-state index contributed by atoms with van der Waals surface area (Å²) in [5.74, 6) is -3.79. The Kier molecular flexibility index (Phi) is 28.0. The molecular formula is C81H73F8N27O17S4. The fraction of sp³-hybridized carbons (Fsp3) is 0.198. The van der Waals surface area contributed by atoms with Crippen molar-refractivity contribution in [3.8, 4) is 68.0 Å². The van der Waals surface area contributed by atoms with Crippen LogP contribution in [0.2, 0.25) is 0 Å². The van der Waals surface area contributed by atoms with Crippen LogP contribution in [0.4, 0.5) is 57.9 Å². The molecule has 13 heterocycles. The minimum absolute atomic E-state index is 0.0111. The van der Waals surface area contributed by atoms with E-state index in [2.05, 4.69) is 106 Å². The first-order chi connectivity index (χ1) is 64.9. The molecule has 714 valence electrons. The maximum absolute atomic E-state index is 13.2. The first-order valence-electron chi connectivity index (χ1n) is 39.4. The lowest BCUT2D eigenvalue weighted by Gasteiger charge is -2.38. The third-order valence-electron chi connectivity index (χ3n) is 19.9. The molecule has 1 aliphatic heterocycles. The number of amides is 5. The standard InChI is InChI=1S/C23H21F2N7O5S.C20H19F2N7O4S.C19H17F2N7O4S.C19H16F2N6O4S/c1-13(33)31-10-15(11-31)38(35,36)14-4-5-19(37-23(24)25)16(8-14)20-18(12-30(2)29-20)28-22(34)17-9-27-32-7-3-6-26-21(17)32;1-27(2)34(31,32)12-5-6-16(33-20(21)22)13(9-12)17-15(11-28(3)26-17)25-19(30)14-10-24-29-8-4-7-23-18(14)29;1-22-33(30,31)11-4-5-15(32-19(20)21)12(8-11)16-14(10-27(2)26-16)25-18(29)13-9-24-28-7-3-6-23-17(13)28;1-26-10-14(24-18(28)13-9-23-27-7-3-6-22-17(13)27)16(25-26)12-8-11(32(2,29)30)4-5-15(12)31-19(20)21/h3-9,12,15,23H,10-11H2,1-2H3,(H,28,34);4-11,20H,1-3H3,(H,25,30);3-10,19,22H,1-2H3,(H,25,29);3-10,19H,1-2H3,(H,24,28). The van der Waals surface area contributed by atoms with Crippen LogP contribution in [0.25, 0.3) is 67.6 Å². The van der Waals surface area contributed by atoms with E-state index in [0.717, 1.165) is 59.1 Å². The van der Waals surface area contributed by atoms with E-state index in [9.17, 15) is 92.8 Å². The number of carbonyl (C=O) groups is 5. The van der Waals surface area contributed by atoms with Crippen molar-refractivity contribution in [1.29, 1.82) is 0 Å². The number of carbonyl (C=O) groups excluding carboxylic acids is 5. The number of sulfone groups is 2. The summed E-state index contributed by atoms with van der Waals surface area (Å²) < 4.78 is 237. The van der Waals surface area contributed by atoms with Crippen molar-refractivity contribution in [1.82, 2.24) is 111 Å². The molecule has 0 radical (unpaired) electrons. The highest BCUT2D eigenvalue weighted by Crippen LogP contribution is 2.43. The molecule has 5 N–H and O–H groups in total. The SMILES string of the molecule is CC(=O)N1CC(S(=O)(=O)c2ccc(OC(F)F)c(-c3nn(C)cc3NC(=O)c3cnn4cccnc34)c2)C1.CN(C)S(=O)(=O)c1ccc(OC(F)F)c(-c2nn(C)cc2NC(=O)c2cnn3cccnc23)c1.CNS(=O)(=O)c1ccc(OC(F)F)c(-c2nn(C)cc2NC(=O)c2cnn3cccnc23)c1.Cn1cc(NC(=O)c2cnn3cccnc23)c(-c2cc(S(C)(=O)=O)ccc2OC(F)F)n1. The Labute approximate surface area is 768 Å². The third-order valence-corrected chi connectivity index (χ3v) is 26.4. The third kappa shape index (κ3) is 21.4. The normalized spacial score (nSPS) is 12.5. The van der Waals surface area contributed by atoms with E-state index in [1.165, 1.54) is 168 Å². The highest BCUT2D eigenvalue weighted by Gasteiger charge is 2.41. The summed E-state index contributed by atoms with van der Waals surface area (Å²) in [7, 11) is -5.23. The molecule has 0 atom stereocenters. The Morgan fingerprint density at radius 3 is 0.956 bits per heavy atom. The summed E-state index contributed by atoms with van der Waals surface area (Å²) in [4.78, 5) is 80.6. The molecule has 0 spiro atoms. The van der Waals surface area contributed by atoms with Crippen LogP contribution in [0.1, 0.15) is 48.4 Å². The molecule has 1 fully saturated rings. The lowest BCUT2D eigenvalue weighted by molar-refractivity contribution is -0.131. The number of aryl methyl sites for hydroxylation is 4. The van der Waals surface area contributed by atoms with Crippen LogP contribution in [-0.4, -0.2) is 242 Å². The molecule has 0 aliphatic carbocycles. The van der Waals surface area contributed by atoms with Gasteiger partial charge < -0.3 is 45.1 Å². The van der Waals surface area contributed by atoms with Gasteiger partial charge in [-0.1, -0.05) is 0 Å². The summed E-state index contributed by atoms with van der Waals surface area (Å²) in [6.45, 7) is -11.3. The van der Waals surface area contributed by atoms with Gasteiger partial charge in [-0.05, 0) is 104 Å². The van der Waals surface area contributed by atoms with E-state index >= 15 is 0 Å². The van der Waals surface area contributed by atoms with Crippen LogP contribution in [0.15, 0.2) is 216 Å². The summed E-state index contributed by atoms with van der Waals surface area (Å²) in [6.07, 6.45) is 24.6. The van der Waals surface area contributed by atoms with Crippen LogP contribution < -0.4 is 44.9 Å². The summed E-state index contributed by atoms with van der Waals surface area (Å²) >= 11 is 0. The number of fused-ring (bicyclic) bond motifs is 4. The quantitative estimate of drug-likeness (QED) is 0.0301. The van der Waals surface area contributed by atoms with Crippen molar-refractivity contribution in [3.05, 3.63) is 218 Å². The molecule has 0 bridgehead atoms. The lowest BCUT2D eigenvalue weighted by Crippen LogP contribution is -2.56. The monoisotopic (exact) mass is 1980 g/mol. The smallest absolute Gasteiger partial charge is 0.387 e. The van der Waals surface area contributed by atoms with Gasteiger partial charge in [-0.3, -0.25) is 42.7 Å². The van der Waals surface area contributed by atoms with Gasteiger partial charge in [0.25, 0.3) is 23.6 Å². The van der Waals surface area contributed by atoms with Crippen molar-refractivity contribution in [2.45, 2.75) is 58.2 Å². The topological polar surface area (TPSA) is 517 Å². The number of anilines is 4. The van der Waals surface area contributed by atoms with Gasteiger partial charge >= 0.3 is 26.4 Å². The van der Waals surface area contributed by atoms with Crippen molar-refractivity contribution >= 4 is 115 Å². The average molecular weight is 1980 g/mol. The number of sulfonamides is 2. The van der Waals surface area contributed by atoms with Crippen molar-refractivity contribution < 1.29 is 112 Å². The second kappa shape index (κ2) is 39.6. The Hall–Kier alpha value is -16.1. The summed E-state index contributed by atoms with van der Waals surface area (Å²) in [5, 5.41) is 43.0. The van der Waals surface area contributed by atoms with Gasteiger partial charge in [0.1, 0.15) is 73.3 Å². The van der Waals surface area contributed by atoms with E-state index in [1.807, 2.05) is 0 Å². The number of rotatable bonds is 27. The molecule has 44 nitrogen and oxygen atoms in total. The summed E-state index contributed by atoms with van der Waals surface area (Å²) in [6, 6.07) is 20.3. The molecule has 0 saturated carbocycles. The van der Waals surface area contributed by atoms with E-state index in [-0.39, 0.29) is 152 Å². The number of halogens is 8. The van der Waals surface area contributed by atoms with Crippen molar-refractivity contribution in [2.75, 3.05) is 61.8 Å². The van der Waals surface area contributed by atoms with Gasteiger partial charge in [-0.2, -0.15) is 75.9 Å². The molecule has 56 heteroatoms. The number of hydrogen-bond acceptors (Lipinski definition) is 29. The minimum Gasteiger partial charge on any atom is -0.434 e. The number of benzene rings is 4. The molecule has 1 aliphatic rings. The Bertz CT molecular complexity index is 7840. The second-order valence-electron chi connectivity index (χ2n) is 29.4. The second-order valence-corrected chi connectivity index (χ2v) is 37.6. The number of nitrogens with zero attached hydrogens (tertiary/aromatic N) is 22. The Morgan fingerprint density at radius 2 is 0.679 bits per heavy atom. The molecule has 0 unspecified atom stereocenters. The van der Waals surface area contributed by atoms with Crippen molar-refractivity contribution in [3.63, 3.8) is 0 Å².